The van der Waals surface area contributed by atoms with Crippen molar-refractivity contribution in [3.63, 3.8) is 0 Å². The molecule has 1 aromatic heterocycles. The third-order valence-electron chi connectivity index (χ3n) is 3.37. The lowest BCUT2D eigenvalue weighted by atomic mass is 10.1. The Labute approximate surface area is 127 Å². The predicted octanol–water partition coefficient (Wildman–Crippen LogP) is 1.78. The Hall–Kier alpha value is -2.57. The smallest absolute Gasteiger partial charge is 0.265 e. The first-order valence-electron chi connectivity index (χ1n) is 7.07. The maximum atomic E-state index is 12.4. The Balaban J connectivity index is 1.70. The molecule has 1 aromatic carbocycles. The van der Waals surface area contributed by atoms with Crippen LogP contribution in [0.15, 0.2) is 28.8 Å². The lowest BCUT2D eigenvalue weighted by molar-refractivity contribution is -0.134. The van der Waals surface area contributed by atoms with Crippen LogP contribution < -0.4 is 14.8 Å². The van der Waals surface area contributed by atoms with Crippen LogP contribution >= 0.6 is 0 Å². The Morgan fingerprint density at radius 1 is 1.27 bits per heavy atom. The van der Waals surface area contributed by atoms with Crippen LogP contribution in [0.1, 0.15) is 31.6 Å². The van der Waals surface area contributed by atoms with Crippen molar-refractivity contribution in [3.05, 3.63) is 36.0 Å². The topological polar surface area (TPSA) is 86.5 Å². The second kappa shape index (κ2) is 5.67. The highest BCUT2D eigenvalue weighted by molar-refractivity contribution is 5.82. The molecule has 3 rings (SSSR count). The minimum absolute atomic E-state index is 0.287. The van der Waals surface area contributed by atoms with Gasteiger partial charge in [0.2, 0.25) is 12.0 Å². The van der Waals surface area contributed by atoms with E-state index >= 15 is 0 Å². The van der Waals surface area contributed by atoms with Gasteiger partial charge in [-0.25, -0.2) is 0 Å². The van der Waals surface area contributed by atoms with Crippen LogP contribution in [0, 0.1) is 6.92 Å². The lowest BCUT2D eigenvalue weighted by Gasteiger charge is -2.31. The fourth-order valence-corrected chi connectivity index (χ4v) is 2.25. The number of hydrogen-bond acceptors (Lipinski definition) is 6. The molecule has 0 unspecified atom stereocenters. The molecular formula is C15H17N3O4. The van der Waals surface area contributed by atoms with E-state index in [4.69, 9.17) is 14.0 Å². The highest BCUT2D eigenvalue weighted by Crippen LogP contribution is 2.33. The SMILES string of the molecule is Cc1noc([C@H](C)NC(=O)[C@@H]2Oc3ccccc3O[C@@H]2C)n1. The fraction of sp³-hybridized carbons (Fsp3) is 0.400. The summed E-state index contributed by atoms with van der Waals surface area (Å²) >= 11 is 0. The first-order valence-corrected chi connectivity index (χ1v) is 7.07. The molecule has 2 heterocycles. The van der Waals surface area contributed by atoms with E-state index < -0.39 is 18.2 Å². The van der Waals surface area contributed by atoms with E-state index in [1.807, 2.05) is 18.2 Å². The molecular weight excluding hydrogens is 286 g/mol. The largest absolute Gasteiger partial charge is 0.482 e. The van der Waals surface area contributed by atoms with Crippen molar-refractivity contribution in [1.82, 2.24) is 15.5 Å². The van der Waals surface area contributed by atoms with E-state index in [1.54, 1.807) is 26.8 Å². The van der Waals surface area contributed by atoms with Crippen molar-refractivity contribution in [2.24, 2.45) is 0 Å². The van der Waals surface area contributed by atoms with Gasteiger partial charge in [0.1, 0.15) is 12.1 Å². The average molecular weight is 303 g/mol. The maximum Gasteiger partial charge on any atom is 0.265 e. The van der Waals surface area contributed by atoms with Gasteiger partial charge in [0.25, 0.3) is 5.91 Å². The third-order valence-corrected chi connectivity index (χ3v) is 3.37. The quantitative estimate of drug-likeness (QED) is 0.930. The molecule has 2 aromatic rings. The fourth-order valence-electron chi connectivity index (χ4n) is 2.25. The number of benzene rings is 1. The van der Waals surface area contributed by atoms with Gasteiger partial charge in [0.05, 0.1) is 0 Å². The van der Waals surface area contributed by atoms with Crippen molar-refractivity contribution < 1.29 is 18.8 Å². The molecule has 3 atom stereocenters. The summed E-state index contributed by atoms with van der Waals surface area (Å²) in [7, 11) is 0. The van der Waals surface area contributed by atoms with Crippen LogP contribution in [0.3, 0.4) is 0 Å². The minimum Gasteiger partial charge on any atom is -0.482 e. The number of carbonyl (C=O) groups is 1. The summed E-state index contributed by atoms with van der Waals surface area (Å²) in [5.74, 6) is 1.79. The minimum atomic E-state index is -0.735. The van der Waals surface area contributed by atoms with Gasteiger partial charge in [-0.1, -0.05) is 17.3 Å². The van der Waals surface area contributed by atoms with E-state index in [0.29, 0.717) is 23.2 Å². The summed E-state index contributed by atoms with van der Waals surface area (Å²) in [6.07, 6.45) is -1.13. The van der Waals surface area contributed by atoms with E-state index in [0.717, 1.165) is 0 Å². The Kier molecular flexibility index (Phi) is 3.70. The van der Waals surface area contributed by atoms with Gasteiger partial charge in [-0.3, -0.25) is 4.79 Å². The summed E-state index contributed by atoms with van der Waals surface area (Å²) in [5.41, 5.74) is 0. The van der Waals surface area contributed by atoms with Crippen molar-refractivity contribution in [2.75, 3.05) is 0 Å². The van der Waals surface area contributed by atoms with Crippen LogP contribution in [0.4, 0.5) is 0 Å². The molecule has 0 fully saturated rings. The Bertz CT molecular complexity index is 685. The average Bonchev–Trinajstić information content (AvgIpc) is 2.93. The van der Waals surface area contributed by atoms with Gasteiger partial charge in [0.15, 0.2) is 17.3 Å². The number of carbonyl (C=O) groups excluding carboxylic acids is 1. The van der Waals surface area contributed by atoms with Crippen LogP contribution in [-0.2, 0) is 4.79 Å². The predicted molar refractivity (Wildman–Crippen MR) is 76.5 cm³/mol. The molecule has 1 aliphatic rings. The molecule has 1 amide bonds. The monoisotopic (exact) mass is 303 g/mol. The normalized spacial score (nSPS) is 21.2. The van der Waals surface area contributed by atoms with E-state index in [1.165, 1.54) is 0 Å². The summed E-state index contributed by atoms with van der Waals surface area (Å²) in [5, 5.41) is 6.51. The zero-order chi connectivity index (χ0) is 15.7. The number of nitrogens with one attached hydrogen (secondary N) is 1. The molecule has 1 N–H and O–H groups in total. The zero-order valence-corrected chi connectivity index (χ0v) is 12.6. The van der Waals surface area contributed by atoms with E-state index in [2.05, 4.69) is 15.5 Å². The van der Waals surface area contributed by atoms with Crippen LogP contribution in [-0.4, -0.2) is 28.3 Å². The molecule has 0 radical (unpaired) electrons. The molecule has 22 heavy (non-hydrogen) atoms. The molecule has 0 spiro atoms. The number of fused-ring (bicyclic) bond motifs is 1. The van der Waals surface area contributed by atoms with Crippen molar-refractivity contribution >= 4 is 5.91 Å². The van der Waals surface area contributed by atoms with Gasteiger partial charge in [0, 0.05) is 0 Å². The van der Waals surface area contributed by atoms with Crippen molar-refractivity contribution in [3.8, 4) is 11.5 Å². The lowest BCUT2D eigenvalue weighted by Crippen LogP contribution is -2.49. The Morgan fingerprint density at radius 3 is 2.59 bits per heavy atom. The first kappa shape index (κ1) is 14.4. The number of hydrogen-bond donors (Lipinski definition) is 1. The van der Waals surface area contributed by atoms with Gasteiger partial charge in [-0.05, 0) is 32.9 Å². The standard InChI is InChI=1S/C15H17N3O4/c1-8(15-17-10(3)18-22-15)16-14(19)13-9(2)20-11-6-4-5-7-12(11)21-13/h4-9,13H,1-3H3,(H,16,19)/t8-,9+,13+/m0/s1. The molecule has 1 aliphatic heterocycles. The molecule has 7 heteroatoms. The second-order valence-corrected chi connectivity index (χ2v) is 5.22. The van der Waals surface area contributed by atoms with Gasteiger partial charge >= 0.3 is 0 Å². The highest BCUT2D eigenvalue weighted by atomic mass is 16.6. The maximum absolute atomic E-state index is 12.4. The first-order chi connectivity index (χ1) is 10.5. The summed E-state index contributed by atoms with van der Waals surface area (Å²) in [4.78, 5) is 16.5. The number of nitrogens with zero attached hydrogens (tertiary/aromatic N) is 2. The zero-order valence-electron chi connectivity index (χ0n) is 12.6. The summed E-state index contributed by atoms with van der Waals surface area (Å²) in [6.45, 7) is 5.29. The number of para-hydroxylation sites is 2. The molecule has 7 nitrogen and oxygen atoms in total. The number of aryl methyl sites for hydroxylation is 1. The number of rotatable bonds is 3. The summed E-state index contributed by atoms with van der Waals surface area (Å²) < 4.78 is 16.5. The van der Waals surface area contributed by atoms with Crippen LogP contribution in [0.25, 0.3) is 0 Å². The molecule has 0 bridgehead atoms. The molecule has 0 saturated heterocycles. The van der Waals surface area contributed by atoms with Crippen molar-refractivity contribution in [2.45, 2.75) is 39.0 Å². The van der Waals surface area contributed by atoms with Crippen molar-refractivity contribution in [1.29, 1.82) is 0 Å². The van der Waals surface area contributed by atoms with Gasteiger partial charge < -0.3 is 19.3 Å². The third kappa shape index (κ3) is 2.74. The van der Waals surface area contributed by atoms with Gasteiger partial charge in [-0.2, -0.15) is 4.98 Å². The molecule has 0 saturated carbocycles. The van der Waals surface area contributed by atoms with Crippen LogP contribution in [0.5, 0.6) is 11.5 Å². The summed E-state index contributed by atoms with van der Waals surface area (Å²) in [6, 6.07) is 6.87. The number of ether oxygens (including phenoxy) is 2. The van der Waals surface area contributed by atoms with Crippen LogP contribution in [0.2, 0.25) is 0 Å². The number of aromatic nitrogens is 2. The van der Waals surface area contributed by atoms with E-state index in [9.17, 15) is 4.79 Å². The second-order valence-electron chi connectivity index (χ2n) is 5.22. The molecule has 0 aliphatic carbocycles. The Morgan fingerprint density at radius 2 is 1.95 bits per heavy atom. The van der Waals surface area contributed by atoms with Gasteiger partial charge in [-0.15, -0.1) is 0 Å². The molecule has 116 valence electrons. The number of amides is 1. The highest BCUT2D eigenvalue weighted by Gasteiger charge is 2.35. The van der Waals surface area contributed by atoms with E-state index in [-0.39, 0.29) is 5.91 Å².